The van der Waals surface area contributed by atoms with Crippen molar-refractivity contribution in [1.82, 2.24) is 4.90 Å². The maximum absolute atomic E-state index is 13.9. The second-order valence-corrected chi connectivity index (χ2v) is 7.86. The Morgan fingerprint density at radius 3 is 2.75 bits per heavy atom. The van der Waals surface area contributed by atoms with Crippen molar-refractivity contribution >= 4 is 17.5 Å². The van der Waals surface area contributed by atoms with Gasteiger partial charge >= 0.3 is 0 Å². The van der Waals surface area contributed by atoms with E-state index in [2.05, 4.69) is 13.8 Å². The Kier molecular flexibility index (Phi) is 6.57. The standard InChI is InChI=1S/C22H25ClFNO3/c1-14(2)15-5-3-6-16(11-15)28-21-9-10-25(13-20(21)26)22(27)12-17-18(23)7-4-8-19(17)24/h3-8,11,14,20-21,26H,9-10,12-13H2,1-2H3/t20-,21-/m1/s1. The van der Waals surface area contributed by atoms with Gasteiger partial charge in [-0.1, -0.05) is 43.6 Å². The normalized spacial score (nSPS) is 19.7. The molecule has 1 amide bonds. The monoisotopic (exact) mass is 405 g/mol. The first kappa shape index (κ1) is 20.6. The Balaban J connectivity index is 1.60. The van der Waals surface area contributed by atoms with Crippen molar-refractivity contribution in [1.29, 1.82) is 0 Å². The van der Waals surface area contributed by atoms with E-state index in [0.717, 1.165) is 0 Å². The molecule has 3 rings (SSSR count). The van der Waals surface area contributed by atoms with Crippen LogP contribution in [0.15, 0.2) is 42.5 Å². The first-order valence-corrected chi connectivity index (χ1v) is 9.88. The summed E-state index contributed by atoms with van der Waals surface area (Å²) >= 11 is 6.01. The van der Waals surface area contributed by atoms with Gasteiger partial charge in [0, 0.05) is 23.6 Å². The third-order valence-electron chi connectivity index (χ3n) is 5.07. The van der Waals surface area contributed by atoms with Crippen LogP contribution in [0.4, 0.5) is 4.39 Å². The Morgan fingerprint density at radius 1 is 1.32 bits per heavy atom. The number of amides is 1. The lowest BCUT2D eigenvalue weighted by molar-refractivity contribution is -0.136. The van der Waals surface area contributed by atoms with Crippen LogP contribution in [0.5, 0.6) is 5.75 Å². The molecular weight excluding hydrogens is 381 g/mol. The molecule has 0 unspecified atom stereocenters. The molecule has 1 saturated heterocycles. The maximum atomic E-state index is 13.9. The highest BCUT2D eigenvalue weighted by Gasteiger charge is 2.32. The topological polar surface area (TPSA) is 49.8 Å². The highest BCUT2D eigenvalue weighted by atomic mass is 35.5. The van der Waals surface area contributed by atoms with Crippen molar-refractivity contribution < 1.29 is 19.0 Å². The third-order valence-corrected chi connectivity index (χ3v) is 5.43. The summed E-state index contributed by atoms with van der Waals surface area (Å²) in [4.78, 5) is 14.1. The number of nitrogens with zero attached hydrogens (tertiary/aromatic N) is 1. The van der Waals surface area contributed by atoms with E-state index in [9.17, 15) is 14.3 Å². The van der Waals surface area contributed by atoms with Crippen LogP contribution in [0.25, 0.3) is 0 Å². The zero-order valence-electron chi connectivity index (χ0n) is 16.1. The number of aliphatic hydroxyl groups is 1. The molecule has 1 aliphatic heterocycles. The summed E-state index contributed by atoms with van der Waals surface area (Å²) in [7, 11) is 0. The van der Waals surface area contributed by atoms with Crippen LogP contribution in [0.3, 0.4) is 0 Å². The van der Waals surface area contributed by atoms with Gasteiger partial charge in [-0.05, 0) is 35.7 Å². The number of β-amino-alcohol motifs (C(OH)–C–C–N with tert-alkyl or cyclic N) is 1. The molecule has 1 heterocycles. The molecular formula is C22H25ClFNO3. The fourth-order valence-corrected chi connectivity index (χ4v) is 3.59. The van der Waals surface area contributed by atoms with E-state index in [1.165, 1.54) is 22.6 Å². The molecule has 150 valence electrons. The molecule has 4 nitrogen and oxygen atoms in total. The van der Waals surface area contributed by atoms with Crippen LogP contribution in [0.2, 0.25) is 5.02 Å². The lowest BCUT2D eigenvalue weighted by Gasteiger charge is -2.36. The summed E-state index contributed by atoms with van der Waals surface area (Å²) in [5.41, 5.74) is 1.36. The molecule has 0 spiro atoms. The van der Waals surface area contributed by atoms with Crippen molar-refractivity contribution in [3.8, 4) is 5.75 Å². The molecule has 1 N–H and O–H groups in total. The van der Waals surface area contributed by atoms with Crippen LogP contribution in [0, 0.1) is 5.82 Å². The van der Waals surface area contributed by atoms with E-state index in [0.29, 0.717) is 24.6 Å². The quantitative estimate of drug-likeness (QED) is 0.811. The van der Waals surface area contributed by atoms with E-state index >= 15 is 0 Å². The van der Waals surface area contributed by atoms with E-state index in [1.54, 1.807) is 6.07 Å². The Hall–Kier alpha value is -2.11. The molecule has 2 atom stereocenters. The van der Waals surface area contributed by atoms with E-state index in [-0.39, 0.29) is 35.6 Å². The van der Waals surface area contributed by atoms with Gasteiger partial charge in [-0.3, -0.25) is 4.79 Å². The number of halogens is 2. The molecule has 0 radical (unpaired) electrons. The van der Waals surface area contributed by atoms with Gasteiger partial charge in [0.05, 0.1) is 13.0 Å². The number of carbonyl (C=O) groups is 1. The van der Waals surface area contributed by atoms with Gasteiger partial charge < -0.3 is 14.7 Å². The van der Waals surface area contributed by atoms with Gasteiger partial charge in [0.15, 0.2) is 0 Å². The van der Waals surface area contributed by atoms with Crippen molar-refractivity contribution in [3.63, 3.8) is 0 Å². The lowest BCUT2D eigenvalue weighted by atomic mass is 10.0. The summed E-state index contributed by atoms with van der Waals surface area (Å²) in [6.07, 6.45) is -0.815. The first-order chi connectivity index (χ1) is 13.3. The molecule has 6 heteroatoms. The molecule has 1 fully saturated rings. The number of aliphatic hydroxyl groups excluding tert-OH is 1. The number of ether oxygens (including phenoxy) is 1. The molecule has 0 aliphatic carbocycles. The summed E-state index contributed by atoms with van der Waals surface area (Å²) in [6, 6.07) is 12.2. The van der Waals surface area contributed by atoms with Crippen molar-refractivity contribution in [2.24, 2.45) is 0 Å². The van der Waals surface area contributed by atoms with Gasteiger partial charge in [0.1, 0.15) is 23.8 Å². The van der Waals surface area contributed by atoms with Crippen LogP contribution in [-0.4, -0.2) is 41.2 Å². The zero-order chi connectivity index (χ0) is 20.3. The van der Waals surface area contributed by atoms with E-state index < -0.39 is 11.9 Å². The van der Waals surface area contributed by atoms with Gasteiger partial charge in [-0.2, -0.15) is 0 Å². The van der Waals surface area contributed by atoms with Crippen LogP contribution in [-0.2, 0) is 11.2 Å². The SMILES string of the molecule is CC(C)c1cccc(O[C@@H]2CCN(C(=O)Cc3c(F)cccc3Cl)C[C@H]2O)c1. The number of rotatable bonds is 5. The number of hydrogen-bond donors (Lipinski definition) is 1. The summed E-state index contributed by atoms with van der Waals surface area (Å²) in [5, 5.41) is 10.7. The fraction of sp³-hybridized carbons (Fsp3) is 0.409. The highest BCUT2D eigenvalue weighted by Crippen LogP contribution is 2.25. The second-order valence-electron chi connectivity index (χ2n) is 7.46. The number of piperidine rings is 1. The van der Waals surface area contributed by atoms with E-state index in [4.69, 9.17) is 16.3 Å². The molecule has 0 aromatic heterocycles. The van der Waals surface area contributed by atoms with Crippen molar-refractivity contribution in [3.05, 3.63) is 64.4 Å². The van der Waals surface area contributed by atoms with Crippen LogP contribution >= 0.6 is 11.6 Å². The maximum Gasteiger partial charge on any atom is 0.227 e. The second kappa shape index (κ2) is 8.93. The molecule has 28 heavy (non-hydrogen) atoms. The van der Waals surface area contributed by atoms with Crippen LogP contribution < -0.4 is 4.74 Å². The van der Waals surface area contributed by atoms with Gasteiger partial charge in [0.25, 0.3) is 0 Å². The third kappa shape index (κ3) is 4.83. The number of likely N-dealkylation sites (tertiary alicyclic amines) is 1. The molecule has 1 aliphatic rings. The average Bonchev–Trinajstić information content (AvgIpc) is 2.66. The Bertz CT molecular complexity index is 822. The molecule has 2 aromatic carbocycles. The predicted octanol–water partition coefficient (Wildman–Crippen LogP) is 4.19. The average molecular weight is 406 g/mol. The van der Waals surface area contributed by atoms with Crippen LogP contribution in [0.1, 0.15) is 37.3 Å². The number of carbonyl (C=O) groups excluding carboxylic acids is 1. The fourth-order valence-electron chi connectivity index (χ4n) is 3.36. The Morgan fingerprint density at radius 2 is 2.07 bits per heavy atom. The summed E-state index contributed by atoms with van der Waals surface area (Å²) < 4.78 is 19.9. The lowest BCUT2D eigenvalue weighted by Crippen LogP contribution is -2.51. The zero-order valence-corrected chi connectivity index (χ0v) is 16.8. The number of hydrogen-bond acceptors (Lipinski definition) is 3. The number of benzene rings is 2. The van der Waals surface area contributed by atoms with Gasteiger partial charge in [-0.15, -0.1) is 0 Å². The molecule has 0 bridgehead atoms. The molecule has 0 saturated carbocycles. The Labute approximate surface area is 169 Å². The predicted molar refractivity (Wildman–Crippen MR) is 107 cm³/mol. The smallest absolute Gasteiger partial charge is 0.227 e. The highest BCUT2D eigenvalue weighted by molar-refractivity contribution is 6.31. The first-order valence-electron chi connectivity index (χ1n) is 9.50. The minimum absolute atomic E-state index is 0.125. The summed E-state index contributed by atoms with van der Waals surface area (Å²) in [5.74, 6) is 0.349. The van der Waals surface area contributed by atoms with Crippen molar-refractivity contribution in [2.75, 3.05) is 13.1 Å². The molecule has 2 aromatic rings. The van der Waals surface area contributed by atoms with E-state index in [1.807, 2.05) is 24.3 Å². The largest absolute Gasteiger partial charge is 0.488 e. The minimum Gasteiger partial charge on any atom is -0.488 e. The van der Waals surface area contributed by atoms with Crippen molar-refractivity contribution in [2.45, 2.75) is 44.8 Å². The van der Waals surface area contributed by atoms with Gasteiger partial charge in [0.2, 0.25) is 5.91 Å². The summed E-state index contributed by atoms with van der Waals surface area (Å²) in [6.45, 7) is 4.82. The minimum atomic E-state index is -0.809. The van der Waals surface area contributed by atoms with Gasteiger partial charge in [-0.25, -0.2) is 4.39 Å².